The number of aldehydes is 1. The summed E-state index contributed by atoms with van der Waals surface area (Å²) < 4.78 is 0. The Morgan fingerprint density at radius 1 is 1.47 bits per heavy atom. The quantitative estimate of drug-likeness (QED) is 0.487. The number of hydrogen-bond donors (Lipinski definition) is 1. The van der Waals surface area contributed by atoms with Crippen LogP contribution in [0.2, 0.25) is 0 Å². The number of amides is 1. The van der Waals surface area contributed by atoms with Crippen molar-refractivity contribution in [2.45, 2.75) is 20.3 Å². The van der Waals surface area contributed by atoms with Gasteiger partial charge in [0, 0.05) is 31.0 Å². The van der Waals surface area contributed by atoms with Crippen LogP contribution in [-0.4, -0.2) is 18.7 Å². The molecule has 17 heavy (non-hydrogen) atoms. The van der Waals surface area contributed by atoms with E-state index in [-0.39, 0.29) is 5.91 Å². The highest BCUT2D eigenvalue weighted by Gasteiger charge is 1.96. The Hall–Kier alpha value is -2.08. The molecule has 1 aromatic rings. The van der Waals surface area contributed by atoms with E-state index in [1.807, 2.05) is 19.1 Å². The van der Waals surface area contributed by atoms with Gasteiger partial charge in [-0.1, -0.05) is 17.9 Å². The maximum Gasteiger partial charge on any atom is 0.216 e. The molecule has 1 rings (SSSR count). The van der Waals surface area contributed by atoms with Gasteiger partial charge in [0.05, 0.1) is 0 Å². The standard InChI is InChI=1S/C14H15NO2/c1-11-9-13(10-16)6-7-14(11)5-3-4-8-15-12(2)17/h6-7,9-10H,4,8H2,1-2H3,(H,15,17). The summed E-state index contributed by atoms with van der Waals surface area (Å²) in [7, 11) is 0. The Kier molecular flexibility index (Phi) is 4.96. The van der Waals surface area contributed by atoms with E-state index >= 15 is 0 Å². The lowest BCUT2D eigenvalue weighted by Crippen LogP contribution is -2.20. The van der Waals surface area contributed by atoms with Gasteiger partial charge in [-0.3, -0.25) is 9.59 Å². The lowest BCUT2D eigenvalue weighted by Gasteiger charge is -1.98. The van der Waals surface area contributed by atoms with Crippen LogP contribution in [0.15, 0.2) is 18.2 Å². The molecule has 0 heterocycles. The van der Waals surface area contributed by atoms with Crippen molar-refractivity contribution in [3.05, 3.63) is 34.9 Å². The Morgan fingerprint density at radius 2 is 2.24 bits per heavy atom. The highest BCUT2D eigenvalue weighted by atomic mass is 16.1. The third kappa shape index (κ3) is 4.52. The molecule has 0 unspecified atom stereocenters. The average Bonchev–Trinajstić information content (AvgIpc) is 2.30. The van der Waals surface area contributed by atoms with Gasteiger partial charge >= 0.3 is 0 Å². The highest BCUT2D eigenvalue weighted by Crippen LogP contribution is 2.08. The molecule has 0 atom stereocenters. The molecule has 0 aliphatic rings. The summed E-state index contributed by atoms with van der Waals surface area (Å²) in [5.74, 6) is 5.96. The topological polar surface area (TPSA) is 46.2 Å². The molecular weight excluding hydrogens is 214 g/mol. The molecule has 0 aliphatic heterocycles. The van der Waals surface area contributed by atoms with Gasteiger partial charge in [0.25, 0.3) is 0 Å². The van der Waals surface area contributed by atoms with E-state index in [4.69, 9.17) is 0 Å². The van der Waals surface area contributed by atoms with Crippen molar-refractivity contribution in [2.24, 2.45) is 0 Å². The molecule has 88 valence electrons. The van der Waals surface area contributed by atoms with Crippen LogP contribution < -0.4 is 5.32 Å². The van der Waals surface area contributed by atoms with Crippen LogP contribution in [0.25, 0.3) is 0 Å². The predicted octanol–water partition coefficient (Wildman–Crippen LogP) is 1.69. The molecule has 1 aromatic carbocycles. The SMILES string of the molecule is CC(=O)NCCC#Cc1ccc(C=O)cc1C. The number of aryl methyl sites for hydroxylation is 1. The zero-order valence-electron chi connectivity index (χ0n) is 10.0. The minimum absolute atomic E-state index is 0.0432. The Bertz CT molecular complexity index is 481. The smallest absolute Gasteiger partial charge is 0.216 e. The predicted molar refractivity (Wildman–Crippen MR) is 66.7 cm³/mol. The fraction of sp³-hybridized carbons (Fsp3) is 0.286. The van der Waals surface area contributed by atoms with Crippen molar-refractivity contribution in [1.82, 2.24) is 5.32 Å². The van der Waals surface area contributed by atoms with Gasteiger partial charge < -0.3 is 5.32 Å². The molecule has 0 aromatic heterocycles. The Labute approximate surface area is 101 Å². The van der Waals surface area contributed by atoms with E-state index in [0.29, 0.717) is 18.5 Å². The first-order valence-corrected chi connectivity index (χ1v) is 5.42. The number of hydrogen-bond acceptors (Lipinski definition) is 2. The Balaban J connectivity index is 2.59. The molecule has 3 heteroatoms. The number of carbonyl (C=O) groups excluding carboxylic acids is 2. The molecule has 0 aliphatic carbocycles. The summed E-state index contributed by atoms with van der Waals surface area (Å²) >= 11 is 0. The van der Waals surface area contributed by atoms with E-state index in [2.05, 4.69) is 17.2 Å². The van der Waals surface area contributed by atoms with Crippen molar-refractivity contribution in [3.63, 3.8) is 0 Å². The van der Waals surface area contributed by atoms with E-state index < -0.39 is 0 Å². The maximum absolute atomic E-state index is 10.6. The normalized spacial score (nSPS) is 9.06. The molecule has 0 fully saturated rings. The van der Waals surface area contributed by atoms with Crippen LogP contribution in [0.4, 0.5) is 0 Å². The fourth-order valence-corrected chi connectivity index (χ4v) is 1.36. The van der Waals surface area contributed by atoms with Crippen LogP contribution in [0.3, 0.4) is 0 Å². The molecule has 3 nitrogen and oxygen atoms in total. The van der Waals surface area contributed by atoms with Crippen molar-refractivity contribution in [1.29, 1.82) is 0 Å². The largest absolute Gasteiger partial charge is 0.355 e. The average molecular weight is 229 g/mol. The maximum atomic E-state index is 10.6. The van der Waals surface area contributed by atoms with Gasteiger partial charge in [-0.15, -0.1) is 0 Å². The summed E-state index contributed by atoms with van der Waals surface area (Å²) in [6.07, 6.45) is 1.44. The van der Waals surface area contributed by atoms with Gasteiger partial charge in [0.15, 0.2) is 0 Å². The number of rotatable bonds is 3. The van der Waals surface area contributed by atoms with E-state index in [1.54, 1.807) is 6.07 Å². The van der Waals surface area contributed by atoms with Crippen LogP contribution in [0.5, 0.6) is 0 Å². The first-order valence-electron chi connectivity index (χ1n) is 5.42. The third-order valence-corrected chi connectivity index (χ3v) is 2.23. The van der Waals surface area contributed by atoms with Gasteiger partial charge in [-0.2, -0.15) is 0 Å². The molecule has 1 amide bonds. The molecule has 1 N–H and O–H groups in total. The molecular formula is C14H15NO2. The van der Waals surface area contributed by atoms with E-state index in [9.17, 15) is 9.59 Å². The van der Waals surface area contributed by atoms with Gasteiger partial charge in [0.2, 0.25) is 5.91 Å². The first kappa shape index (κ1) is 13.0. The number of carbonyl (C=O) groups is 2. The Morgan fingerprint density at radius 3 is 2.82 bits per heavy atom. The van der Waals surface area contributed by atoms with Crippen molar-refractivity contribution in [3.8, 4) is 11.8 Å². The number of nitrogens with one attached hydrogen (secondary N) is 1. The second-order valence-corrected chi connectivity index (χ2v) is 3.73. The van der Waals surface area contributed by atoms with Gasteiger partial charge in [0.1, 0.15) is 6.29 Å². The van der Waals surface area contributed by atoms with Crippen LogP contribution in [0.1, 0.15) is 34.8 Å². The van der Waals surface area contributed by atoms with Crippen LogP contribution in [-0.2, 0) is 4.79 Å². The minimum atomic E-state index is -0.0432. The zero-order valence-corrected chi connectivity index (χ0v) is 10.0. The second kappa shape index (κ2) is 6.49. The summed E-state index contributed by atoms with van der Waals surface area (Å²) in [4.78, 5) is 21.2. The van der Waals surface area contributed by atoms with E-state index in [0.717, 1.165) is 17.4 Å². The molecule has 0 saturated heterocycles. The minimum Gasteiger partial charge on any atom is -0.355 e. The zero-order chi connectivity index (χ0) is 12.7. The third-order valence-electron chi connectivity index (χ3n) is 2.23. The van der Waals surface area contributed by atoms with Gasteiger partial charge in [-0.05, 0) is 24.6 Å². The van der Waals surface area contributed by atoms with Crippen LogP contribution in [0, 0.1) is 18.8 Å². The number of benzene rings is 1. The molecule has 0 spiro atoms. The van der Waals surface area contributed by atoms with Crippen molar-refractivity contribution < 1.29 is 9.59 Å². The summed E-state index contributed by atoms with van der Waals surface area (Å²) in [5.41, 5.74) is 2.56. The molecule has 0 bridgehead atoms. The van der Waals surface area contributed by atoms with Crippen molar-refractivity contribution >= 4 is 12.2 Å². The van der Waals surface area contributed by atoms with Crippen LogP contribution >= 0.6 is 0 Å². The highest BCUT2D eigenvalue weighted by molar-refractivity contribution is 5.75. The second-order valence-electron chi connectivity index (χ2n) is 3.73. The molecule has 0 saturated carbocycles. The lowest BCUT2D eigenvalue weighted by molar-refractivity contribution is -0.118. The summed E-state index contributed by atoms with van der Waals surface area (Å²) in [6.45, 7) is 3.97. The summed E-state index contributed by atoms with van der Waals surface area (Å²) in [5, 5.41) is 2.68. The fourth-order valence-electron chi connectivity index (χ4n) is 1.36. The lowest BCUT2D eigenvalue weighted by atomic mass is 10.1. The monoisotopic (exact) mass is 229 g/mol. The first-order chi connectivity index (χ1) is 8.13. The molecule has 0 radical (unpaired) electrons. The van der Waals surface area contributed by atoms with Crippen molar-refractivity contribution in [2.75, 3.05) is 6.54 Å². The van der Waals surface area contributed by atoms with E-state index in [1.165, 1.54) is 6.92 Å². The summed E-state index contributed by atoms with van der Waals surface area (Å²) in [6, 6.07) is 5.40. The van der Waals surface area contributed by atoms with Gasteiger partial charge in [-0.25, -0.2) is 0 Å².